The summed E-state index contributed by atoms with van der Waals surface area (Å²) in [6, 6.07) is 16.0. The van der Waals surface area contributed by atoms with Gasteiger partial charge < -0.3 is 16.0 Å². The maximum Gasteiger partial charge on any atom is 0.293 e. The van der Waals surface area contributed by atoms with Crippen molar-refractivity contribution in [3.63, 3.8) is 0 Å². The molecule has 34 heavy (non-hydrogen) atoms. The Hall–Kier alpha value is -4.39. The maximum absolute atomic E-state index is 12.6. The van der Waals surface area contributed by atoms with Crippen LogP contribution in [-0.2, 0) is 6.42 Å². The molecule has 1 saturated heterocycles. The molecule has 174 valence electrons. The van der Waals surface area contributed by atoms with Crippen LogP contribution in [0.15, 0.2) is 48.5 Å². The molecule has 10 nitrogen and oxygen atoms in total. The highest BCUT2D eigenvalue weighted by molar-refractivity contribution is 5.95. The Bertz CT molecular complexity index is 1240. The van der Waals surface area contributed by atoms with Crippen LogP contribution < -0.4 is 16.0 Å². The molecular formula is C24H25N7O3. The van der Waals surface area contributed by atoms with Crippen molar-refractivity contribution in [2.75, 3.05) is 30.3 Å². The van der Waals surface area contributed by atoms with Crippen LogP contribution in [0.3, 0.4) is 0 Å². The Balaban J connectivity index is 1.39. The molecule has 2 heterocycles. The van der Waals surface area contributed by atoms with Crippen LogP contribution >= 0.6 is 0 Å². The van der Waals surface area contributed by atoms with E-state index in [4.69, 9.17) is 5.73 Å². The minimum atomic E-state index is -0.443. The first-order valence-electron chi connectivity index (χ1n) is 11.1. The number of nitro groups is 1. The van der Waals surface area contributed by atoms with Crippen LogP contribution in [-0.4, -0.2) is 40.2 Å². The highest BCUT2D eigenvalue weighted by Gasteiger charge is 2.24. The van der Waals surface area contributed by atoms with E-state index in [1.54, 1.807) is 12.1 Å². The van der Waals surface area contributed by atoms with Crippen LogP contribution in [0, 0.1) is 21.4 Å². The molecule has 3 N–H and O–H groups in total. The molecular weight excluding hydrogens is 434 g/mol. The van der Waals surface area contributed by atoms with E-state index in [1.807, 2.05) is 35.2 Å². The lowest BCUT2D eigenvalue weighted by atomic mass is 10.1. The number of nitro benzene ring substituents is 1. The summed E-state index contributed by atoms with van der Waals surface area (Å²) in [5.74, 6) is -0.107. The normalized spacial score (nSPS) is 13.0. The molecule has 0 spiro atoms. The van der Waals surface area contributed by atoms with Gasteiger partial charge in [-0.05, 0) is 49.9 Å². The zero-order valence-corrected chi connectivity index (χ0v) is 18.6. The zero-order chi connectivity index (χ0) is 24.1. The average molecular weight is 460 g/mol. The quantitative estimate of drug-likeness (QED) is 0.299. The molecule has 0 atom stereocenters. The van der Waals surface area contributed by atoms with Gasteiger partial charge in [-0.25, -0.2) is 4.68 Å². The molecule has 1 aromatic heterocycles. The molecule has 1 aliphatic heterocycles. The highest BCUT2D eigenvalue weighted by atomic mass is 16.6. The number of anilines is 2. The standard InChI is InChI=1S/C24H25N7O3/c25-16-19-20(28-30(23(19)26)18-7-2-1-3-8-18)9-6-12-27-24(32)17-10-11-21(22(15-17)31(33)34)29-13-4-5-14-29/h1-3,7-8,10-11,15H,4-6,9,12-14,26H2,(H,27,32). The van der Waals surface area contributed by atoms with Gasteiger partial charge in [-0.15, -0.1) is 0 Å². The summed E-state index contributed by atoms with van der Waals surface area (Å²) in [4.78, 5) is 25.7. The largest absolute Gasteiger partial charge is 0.382 e. The lowest BCUT2D eigenvalue weighted by Gasteiger charge is -2.17. The summed E-state index contributed by atoms with van der Waals surface area (Å²) >= 11 is 0. The summed E-state index contributed by atoms with van der Waals surface area (Å²) < 4.78 is 1.54. The van der Waals surface area contributed by atoms with E-state index in [0.717, 1.165) is 31.6 Å². The van der Waals surface area contributed by atoms with Gasteiger partial charge in [0.15, 0.2) is 0 Å². The first-order chi connectivity index (χ1) is 16.5. The van der Waals surface area contributed by atoms with Gasteiger partial charge in [0, 0.05) is 31.3 Å². The topological polar surface area (TPSA) is 143 Å². The van der Waals surface area contributed by atoms with E-state index in [-0.39, 0.29) is 23.0 Å². The minimum absolute atomic E-state index is 0.0601. The summed E-state index contributed by atoms with van der Waals surface area (Å²) in [5.41, 5.74) is 8.49. The van der Waals surface area contributed by atoms with Crippen LogP contribution in [0.5, 0.6) is 0 Å². The van der Waals surface area contributed by atoms with Crippen LogP contribution in [0.25, 0.3) is 5.69 Å². The number of nitrogens with zero attached hydrogens (tertiary/aromatic N) is 5. The number of nitrogens with one attached hydrogen (secondary N) is 1. The van der Waals surface area contributed by atoms with Crippen molar-refractivity contribution < 1.29 is 9.72 Å². The lowest BCUT2D eigenvalue weighted by Crippen LogP contribution is -2.25. The summed E-state index contributed by atoms with van der Waals surface area (Å²) in [6.07, 6.45) is 2.98. The summed E-state index contributed by atoms with van der Waals surface area (Å²) in [7, 11) is 0. The van der Waals surface area contributed by atoms with Crippen LogP contribution in [0.2, 0.25) is 0 Å². The molecule has 2 aromatic carbocycles. The second-order valence-corrected chi connectivity index (χ2v) is 8.08. The van der Waals surface area contributed by atoms with Crippen molar-refractivity contribution in [2.45, 2.75) is 25.7 Å². The summed E-state index contributed by atoms with van der Waals surface area (Å²) in [6.45, 7) is 1.88. The molecule has 0 saturated carbocycles. The molecule has 1 fully saturated rings. The first-order valence-corrected chi connectivity index (χ1v) is 11.1. The fourth-order valence-corrected chi connectivity index (χ4v) is 4.14. The number of carbonyl (C=O) groups excluding carboxylic acids is 1. The highest BCUT2D eigenvalue weighted by Crippen LogP contribution is 2.31. The van der Waals surface area contributed by atoms with E-state index in [2.05, 4.69) is 16.5 Å². The SMILES string of the molecule is N#Cc1c(CCCNC(=O)c2ccc(N3CCCC3)c([N+](=O)[O-])c2)nn(-c2ccccc2)c1N. The molecule has 1 amide bonds. The number of nitrogens with two attached hydrogens (primary N) is 1. The van der Waals surface area contributed by atoms with Gasteiger partial charge in [-0.3, -0.25) is 14.9 Å². The lowest BCUT2D eigenvalue weighted by molar-refractivity contribution is -0.384. The molecule has 0 aliphatic carbocycles. The molecule has 0 bridgehead atoms. The minimum Gasteiger partial charge on any atom is -0.382 e. The number of aromatic nitrogens is 2. The van der Waals surface area contributed by atoms with Crippen molar-refractivity contribution in [1.82, 2.24) is 15.1 Å². The van der Waals surface area contributed by atoms with E-state index >= 15 is 0 Å². The second kappa shape index (κ2) is 10.0. The fourth-order valence-electron chi connectivity index (χ4n) is 4.14. The van der Waals surface area contributed by atoms with Crippen molar-refractivity contribution in [1.29, 1.82) is 5.26 Å². The van der Waals surface area contributed by atoms with Gasteiger partial charge in [0.2, 0.25) is 0 Å². The smallest absolute Gasteiger partial charge is 0.293 e. The van der Waals surface area contributed by atoms with E-state index in [0.29, 0.717) is 36.3 Å². The number of nitriles is 1. The van der Waals surface area contributed by atoms with E-state index < -0.39 is 4.92 Å². The fraction of sp³-hybridized carbons (Fsp3) is 0.292. The van der Waals surface area contributed by atoms with Crippen molar-refractivity contribution in [3.05, 3.63) is 75.5 Å². The Morgan fingerprint density at radius 3 is 2.62 bits per heavy atom. The van der Waals surface area contributed by atoms with E-state index in [1.165, 1.54) is 10.7 Å². The Kier molecular flexibility index (Phi) is 6.73. The van der Waals surface area contributed by atoms with Crippen LogP contribution in [0.4, 0.5) is 17.2 Å². The predicted octanol–water partition coefficient (Wildman–Crippen LogP) is 3.20. The number of amides is 1. The van der Waals surface area contributed by atoms with Crippen LogP contribution in [0.1, 0.15) is 40.9 Å². The van der Waals surface area contributed by atoms with E-state index in [9.17, 15) is 20.2 Å². The molecule has 3 aromatic rings. The van der Waals surface area contributed by atoms with Crippen molar-refractivity contribution >= 4 is 23.1 Å². The third-order valence-corrected chi connectivity index (χ3v) is 5.86. The summed E-state index contributed by atoms with van der Waals surface area (Å²) in [5, 5.41) is 28.3. The van der Waals surface area contributed by atoms with Gasteiger partial charge in [0.1, 0.15) is 23.1 Å². The first kappa shape index (κ1) is 22.8. The number of para-hydroxylation sites is 1. The number of benzene rings is 2. The molecule has 10 heteroatoms. The van der Waals surface area contributed by atoms with Crippen molar-refractivity contribution in [3.8, 4) is 11.8 Å². The molecule has 0 radical (unpaired) electrons. The molecule has 4 rings (SSSR count). The Labute approximate surface area is 196 Å². The second-order valence-electron chi connectivity index (χ2n) is 8.08. The van der Waals surface area contributed by atoms with Gasteiger partial charge in [0.05, 0.1) is 16.3 Å². The van der Waals surface area contributed by atoms with Crippen molar-refractivity contribution in [2.24, 2.45) is 0 Å². The third kappa shape index (κ3) is 4.68. The Morgan fingerprint density at radius 2 is 1.94 bits per heavy atom. The monoisotopic (exact) mass is 459 g/mol. The van der Waals surface area contributed by atoms with Gasteiger partial charge >= 0.3 is 0 Å². The maximum atomic E-state index is 12.6. The van der Waals surface area contributed by atoms with Gasteiger partial charge in [-0.2, -0.15) is 10.4 Å². The van der Waals surface area contributed by atoms with Gasteiger partial charge in [-0.1, -0.05) is 18.2 Å². The number of carbonyl (C=O) groups is 1. The van der Waals surface area contributed by atoms with Gasteiger partial charge in [0.25, 0.3) is 11.6 Å². The predicted molar refractivity (Wildman–Crippen MR) is 128 cm³/mol. The number of hydrogen-bond donors (Lipinski definition) is 2. The number of rotatable bonds is 8. The number of nitrogen functional groups attached to an aromatic ring is 1. The molecule has 0 unspecified atom stereocenters. The average Bonchev–Trinajstić information content (AvgIpc) is 3.50. The molecule has 1 aliphatic rings. The zero-order valence-electron chi connectivity index (χ0n) is 18.6. The third-order valence-electron chi connectivity index (χ3n) is 5.86. The number of hydrogen-bond acceptors (Lipinski definition) is 7. The Morgan fingerprint density at radius 1 is 1.21 bits per heavy atom. The number of aryl methyl sites for hydroxylation is 1.